The highest BCUT2D eigenvalue weighted by atomic mass is 16.6. The van der Waals surface area contributed by atoms with Gasteiger partial charge >= 0.3 is 6.09 Å². The van der Waals surface area contributed by atoms with Crippen molar-refractivity contribution in [2.45, 2.75) is 25.0 Å². The largest absolute Gasteiger partial charge is 0.497 e. The predicted molar refractivity (Wildman–Crippen MR) is 101 cm³/mol. The summed E-state index contributed by atoms with van der Waals surface area (Å²) >= 11 is 0. The number of likely N-dealkylation sites (tertiary alicyclic amines) is 1. The minimum absolute atomic E-state index is 0.240. The predicted octanol–water partition coefficient (Wildman–Crippen LogP) is 3.32. The zero-order valence-electron chi connectivity index (χ0n) is 15.7. The fourth-order valence-corrected chi connectivity index (χ4v) is 3.32. The smallest absolute Gasteiger partial charge is 0.410 e. The summed E-state index contributed by atoms with van der Waals surface area (Å²) in [5, 5.41) is 11.2. The van der Waals surface area contributed by atoms with E-state index in [9.17, 15) is 9.90 Å². The molecule has 6 nitrogen and oxygen atoms in total. The molecule has 0 atom stereocenters. The summed E-state index contributed by atoms with van der Waals surface area (Å²) in [6.45, 7) is 1.05. The minimum atomic E-state index is -1.07. The number of piperidine rings is 1. The number of carbonyl (C=O) groups excluding carboxylic acids is 1. The third kappa shape index (κ3) is 4.34. The third-order valence-corrected chi connectivity index (χ3v) is 4.96. The standard InChI is InChI=1S/C21H25NO5/c1-25-17-8-9-19(26-2)18(14-17)21(24)10-12-22(13-11-21)20(23)27-15-16-6-4-3-5-7-16/h3-9,14,24H,10-13,15H2,1-2H3. The fraction of sp³-hybridized carbons (Fsp3) is 0.381. The van der Waals surface area contributed by atoms with E-state index in [1.54, 1.807) is 37.3 Å². The fourth-order valence-electron chi connectivity index (χ4n) is 3.32. The third-order valence-electron chi connectivity index (χ3n) is 4.96. The van der Waals surface area contributed by atoms with E-state index in [1.165, 1.54) is 0 Å². The molecule has 0 aromatic heterocycles. The van der Waals surface area contributed by atoms with Crippen molar-refractivity contribution in [1.29, 1.82) is 0 Å². The first-order chi connectivity index (χ1) is 13.1. The molecule has 1 amide bonds. The Morgan fingerprint density at radius 2 is 1.78 bits per heavy atom. The molecule has 1 N–H and O–H groups in total. The SMILES string of the molecule is COc1ccc(OC)c(C2(O)CCN(C(=O)OCc3ccccc3)CC2)c1. The van der Waals surface area contributed by atoms with Gasteiger partial charge in [0.1, 0.15) is 18.1 Å². The summed E-state index contributed by atoms with van der Waals surface area (Å²) in [5.74, 6) is 1.27. The van der Waals surface area contributed by atoms with Crippen LogP contribution in [0.1, 0.15) is 24.0 Å². The lowest BCUT2D eigenvalue weighted by molar-refractivity contribution is -0.0270. The number of nitrogens with zero attached hydrogens (tertiary/aromatic N) is 1. The number of hydrogen-bond acceptors (Lipinski definition) is 5. The molecule has 1 aliphatic heterocycles. The highest BCUT2D eigenvalue weighted by Crippen LogP contribution is 2.40. The van der Waals surface area contributed by atoms with E-state index >= 15 is 0 Å². The number of benzene rings is 2. The maximum absolute atomic E-state index is 12.3. The lowest BCUT2D eigenvalue weighted by Gasteiger charge is -2.38. The molecule has 1 aliphatic rings. The number of aliphatic hydroxyl groups is 1. The summed E-state index contributed by atoms with van der Waals surface area (Å²) in [4.78, 5) is 13.9. The average molecular weight is 371 g/mol. The van der Waals surface area contributed by atoms with Crippen LogP contribution in [0.2, 0.25) is 0 Å². The van der Waals surface area contributed by atoms with Crippen LogP contribution in [0.4, 0.5) is 4.79 Å². The summed E-state index contributed by atoms with van der Waals surface area (Å²) in [5.41, 5.74) is 0.554. The Kier molecular flexibility index (Phi) is 5.86. The lowest BCUT2D eigenvalue weighted by atomic mass is 9.84. The molecule has 0 radical (unpaired) electrons. The Bertz CT molecular complexity index is 769. The van der Waals surface area contributed by atoms with Gasteiger partial charge in [-0.15, -0.1) is 0 Å². The molecule has 0 saturated carbocycles. The van der Waals surface area contributed by atoms with Crippen molar-refractivity contribution in [2.75, 3.05) is 27.3 Å². The van der Waals surface area contributed by atoms with Gasteiger partial charge in [0.25, 0.3) is 0 Å². The second kappa shape index (κ2) is 8.31. The molecule has 144 valence electrons. The van der Waals surface area contributed by atoms with Gasteiger partial charge in [-0.1, -0.05) is 30.3 Å². The van der Waals surface area contributed by atoms with Gasteiger partial charge in [-0.05, 0) is 36.6 Å². The lowest BCUT2D eigenvalue weighted by Crippen LogP contribution is -2.45. The molecule has 0 bridgehead atoms. The molecule has 2 aromatic rings. The van der Waals surface area contributed by atoms with Gasteiger partial charge < -0.3 is 24.2 Å². The van der Waals surface area contributed by atoms with Crippen molar-refractivity contribution in [3.63, 3.8) is 0 Å². The van der Waals surface area contributed by atoms with Crippen LogP contribution in [-0.2, 0) is 16.9 Å². The minimum Gasteiger partial charge on any atom is -0.497 e. The van der Waals surface area contributed by atoms with Crippen molar-refractivity contribution >= 4 is 6.09 Å². The highest BCUT2D eigenvalue weighted by molar-refractivity contribution is 5.67. The van der Waals surface area contributed by atoms with Gasteiger partial charge in [0.05, 0.1) is 19.8 Å². The van der Waals surface area contributed by atoms with Crippen LogP contribution in [0.5, 0.6) is 11.5 Å². The molecule has 6 heteroatoms. The van der Waals surface area contributed by atoms with Gasteiger partial charge in [0.2, 0.25) is 0 Å². The Balaban J connectivity index is 1.63. The van der Waals surface area contributed by atoms with Crippen molar-refractivity contribution < 1.29 is 24.1 Å². The van der Waals surface area contributed by atoms with E-state index in [2.05, 4.69) is 0 Å². The number of rotatable bonds is 5. The maximum atomic E-state index is 12.3. The Hall–Kier alpha value is -2.73. The first kappa shape index (κ1) is 19.0. The highest BCUT2D eigenvalue weighted by Gasteiger charge is 2.38. The van der Waals surface area contributed by atoms with E-state index < -0.39 is 5.60 Å². The molecule has 1 saturated heterocycles. The number of hydrogen-bond donors (Lipinski definition) is 1. The van der Waals surface area contributed by atoms with Gasteiger partial charge in [0, 0.05) is 18.7 Å². The normalized spacial score (nSPS) is 15.9. The Morgan fingerprint density at radius 1 is 1.07 bits per heavy atom. The molecule has 0 unspecified atom stereocenters. The van der Waals surface area contributed by atoms with Crippen molar-refractivity contribution in [3.8, 4) is 11.5 Å². The molecule has 27 heavy (non-hydrogen) atoms. The van der Waals surface area contributed by atoms with E-state index in [-0.39, 0.29) is 12.7 Å². The molecule has 2 aromatic carbocycles. The van der Waals surface area contributed by atoms with Crippen LogP contribution in [0.15, 0.2) is 48.5 Å². The quantitative estimate of drug-likeness (QED) is 0.873. The molecule has 1 heterocycles. The summed E-state index contributed by atoms with van der Waals surface area (Å²) in [6.07, 6.45) is 0.437. The molecule has 3 rings (SSSR count). The van der Waals surface area contributed by atoms with Crippen LogP contribution < -0.4 is 9.47 Å². The van der Waals surface area contributed by atoms with Crippen LogP contribution in [0.25, 0.3) is 0 Å². The summed E-state index contributed by atoms with van der Waals surface area (Å²) < 4.78 is 16.1. The topological polar surface area (TPSA) is 68.2 Å². The maximum Gasteiger partial charge on any atom is 0.410 e. The van der Waals surface area contributed by atoms with E-state index in [0.717, 1.165) is 5.56 Å². The number of methoxy groups -OCH3 is 2. The van der Waals surface area contributed by atoms with E-state index in [0.29, 0.717) is 43.0 Å². The summed E-state index contributed by atoms with van der Waals surface area (Å²) in [6, 6.07) is 14.9. The van der Waals surface area contributed by atoms with Crippen LogP contribution in [0, 0.1) is 0 Å². The molecular formula is C21H25NO5. The van der Waals surface area contributed by atoms with Crippen molar-refractivity contribution in [2.24, 2.45) is 0 Å². The summed E-state index contributed by atoms with van der Waals surface area (Å²) in [7, 11) is 3.16. The van der Waals surface area contributed by atoms with Crippen LogP contribution in [0.3, 0.4) is 0 Å². The second-order valence-corrected chi connectivity index (χ2v) is 6.63. The zero-order valence-corrected chi connectivity index (χ0v) is 15.7. The van der Waals surface area contributed by atoms with Crippen LogP contribution >= 0.6 is 0 Å². The van der Waals surface area contributed by atoms with Gasteiger partial charge in [-0.2, -0.15) is 0 Å². The molecule has 0 aliphatic carbocycles. The zero-order chi connectivity index (χ0) is 19.3. The number of ether oxygens (including phenoxy) is 3. The van der Waals surface area contributed by atoms with Crippen molar-refractivity contribution in [3.05, 3.63) is 59.7 Å². The van der Waals surface area contributed by atoms with E-state index in [4.69, 9.17) is 14.2 Å². The average Bonchev–Trinajstić information content (AvgIpc) is 2.72. The number of carbonyl (C=O) groups is 1. The van der Waals surface area contributed by atoms with Gasteiger partial charge in [-0.3, -0.25) is 0 Å². The molecule has 0 spiro atoms. The second-order valence-electron chi connectivity index (χ2n) is 6.63. The van der Waals surface area contributed by atoms with E-state index in [1.807, 2.05) is 30.3 Å². The Labute approximate surface area is 159 Å². The number of amides is 1. The molecular weight excluding hydrogens is 346 g/mol. The van der Waals surface area contributed by atoms with Crippen molar-refractivity contribution in [1.82, 2.24) is 4.90 Å². The monoisotopic (exact) mass is 371 g/mol. The molecule has 1 fully saturated rings. The van der Waals surface area contributed by atoms with Gasteiger partial charge in [-0.25, -0.2) is 4.79 Å². The van der Waals surface area contributed by atoms with Crippen LogP contribution in [-0.4, -0.2) is 43.4 Å². The first-order valence-corrected chi connectivity index (χ1v) is 8.96. The Morgan fingerprint density at radius 3 is 2.41 bits per heavy atom. The van der Waals surface area contributed by atoms with Gasteiger partial charge in [0.15, 0.2) is 0 Å². The first-order valence-electron chi connectivity index (χ1n) is 8.96.